The van der Waals surface area contributed by atoms with E-state index in [-0.39, 0.29) is 33.2 Å². The highest BCUT2D eigenvalue weighted by Crippen LogP contribution is 2.45. The highest BCUT2D eigenvalue weighted by Gasteiger charge is 2.38. The number of amides is 1. The van der Waals surface area contributed by atoms with E-state index in [2.05, 4.69) is 17.3 Å². The van der Waals surface area contributed by atoms with E-state index in [9.17, 15) is 13.2 Å². The van der Waals surface area contributed by atoms with Gasteiger partial charge in [-0.05, 0) is 63.5 Å². The van der Waals surface area contributed by atoms with E-state index in [1.165, 1.54) is 19.1 Å². The second-order valence-electron chi connectivity index (χ2n) is 10.5. The monoisotopic (exact) mass is 537 g/mol. The van der Waals surface area contributed by atoms with Crippen LogP contribution in [-0.4, -0.2) is 55.9 Å². The van der Waals surface area contributed by atoms with E-state index in [0.29, 0.717) is 44.0 Å². The quantitative estimate of drug-likeness (QED) is 0.470. The average Bonchev–Trinajstić information content (AvgIpc) is 3.50. The molecule has 1 aromatic carbocycles. The third-order valence-corrected chi connectivity index (χ3v) is 9.52. The van der Waals surface area contributed by atoms with Crippen molar-refractivity contribution in [3.8, 4) is 22.8 Å². The number of ether oxygens (including phenoxy) is 2. The van der Waals surface area contributed by atoms with Gasteiger partial charge in [0.25, 0.3) is 5.91 Å². The summed E-state index contributed by atoms with van der Waals surface area (Å²) in [6, 6.07) is 5.62. The SMILES string of the molecule is CCn1nc(C(=O)NC[C@H]2CC[C@H](S(C)(=O)=O)CC2)c(Cl)c1-c1ccc(OCC2(C)CC2)cc1OC. The fourth-order valence-corrected chi connectivity index (χ4v) is 6.18. The Morgan fingerprint density at radius 3 is 2.53 bits per heavy atom. The number of carbonyl (C=O) groups is 1. The highest BCUT2D eigenvalue weighted by molar-refractivity contribution is 7.91. The lowest BCUT2D eigenvalue weighted by molar-refractivity contribution is 0.0938. The second-order valence-corrected chi connectivity index (χ2v) is 13.2. The van der Waals surface area contributed by atoms with Crippen molar-refractivity contribution in [2.75, 3.05) is 26.5 Å². The van der Waals surface area contributed by atoms with Crippen molar-refractivity contribution in [3.63, 3.8) is 0 Å². The smallest absolute Gasteiger partial charge is 0.273 e. The second kappa shape index (κ2) is 10.6. The summed E-state index contributed by atoms with van der Waals surface area (Å²) in [5.41, 5.74) is 1.80. The third kappa shape index (κ3) is 5.99. The molecule has 2 aliphatic rings. The number of aryl methyl sites for hydroxylation is 1. The van der Waals surface area contributed by atoms with Gasteiger partial charge in [-0.2, -0.15) is 5.10 Å². The molecule has 1 N–H and O–H groups in total. The highest BCUT2D eigenvalue weighted by atomic mass is 35.5. The predicted octanol–water partition coefficient (Wildman–Crippen LogP) is 4.74. The molecule has 8 nitrogen and oxygen atoms in total. The van der Waals surface area contributed by atoms with Gasteiger partial charge in [0, 0.05) is 36.4 Å². The summed E-state index contributed by atoms with van der Waals surface area (Å²) in [6.07, 6.45) is 6.46. The summed E-state index contributed by atoms with van der Waals surface area (Å²) in [6.45, 7) is 5.82. The first-order valence-corrected chi connectivity index (χ1v) is 14.9. The number of benzene rings is 1. The molecule has 0 aliphatic heterocycles. The van der Waals surface area contributed by atoms with Crippen LogP contribution in [0.15, 0.2) is 18.2 Å². The minimum Gasteiger partial charge on any atom is -0.496 e. The van der Waals surface area contributed by atoms with E-state index < -0.39 is 9.84 Å². The Balaban J connectivity index is 1.47. The minimum atomic E-state index is -3.01. The molecule has 1 heterocycles. The van der Waals surface area contributed by atoms with E-state index in [1.807, 2.05) is 25.1 Å². The minimum absolute atomic E-state index is 0.169. The molecule has 0 bridgehead atoms. The molecule has 198 valence electrons. The summed E-state index contributed by atoms with van der Waals surface area (Å²) in [4.78, 5) is 13.0. The molecule has 36 heavy (non-hydrogen) atoms. The maximum atomic E-state index is 13.0. The molecule has 2 aromatic rings. The van der Waals surface area contributed by atoms with Gasteiger partial charge < -0.3 is 14.8 Å². The van der Waals surface area contributed by atoms with Gasteiger partial charge in [0.1, 0.15) is 21.3 Å². The largest absolute Gasteiger partial charge is 0.496 e. The van der Waals surface area contributed by atoms with Crippen molar-refractivity contribution in [2.24, 2.45) is 11.3 Å². The molecule has 0 saturated heterocycles. The molecule has 0 spiro atoms. The average molecular weight is 538 g/mol. The van der Waals surface area contributed by atoms with Crippen LogP contribution in [0.5, 0.6) is 11.5 Å². The molecule has 1 aromatic heterocycles. The molecule has 2 fully saturated rings. The number of nitrogens with one attached hydrogen (secondary N) is 1. The number of halogens is 1. The lowest BCUT2D eigenvalue weighted by Crippen LogP contribution is -2.34. The predicted molar refractivity (Wildman–Crippen MR) is 141 cm³/mol. The number of hydrogen-bond acceptors (Lipinski definition) is 6. The summed E-state index contributed by atoms with van der Waals surface area (Å²) in [5.74, 6) is 1.23. The first kappa shape index (κ1) is 26.8. The maximum Gasteiger partial charge on any atom is 0.273 e. The number of nitrogens with zero attached hydrogens (tertiary/aromatic N) is 2. The van der Waals surface area contributed by atoms with Gasteiger partial charge in [-0.1, -0.05) is 18.5 Å². The van der Waals surface area contributed by atoms with Crippen LogP contribution in [0.3, 0.4) is 0 Å². The van der Waals surface area contributed by atoms with Crippen LogP contribution >= 0.6 is 11.6 Å². The van der Waals surface area contributed by atoms with Crippen molar-refractivity contribution >= 4 is 27.3 Å². The van der Waals surface area contributed by atoms with E-state index >= 15 is 0 Å². The normalized spacial score (nSPS) is 21.1. The maximum absolute atomic E-state index is 13.0. The van der Waals surface area contributed by atoms with Crippen LogP contribution in [-0.2, 0) is 16.4 Å². The summed E-state index contributed by atoms with van der Waals surface area (Å²) in [5, 5.41) is 7.45. The van der Waals surface area contributed by atoms with Crippen molar-refractivity contribution in [2.45, 2.75) is 64.2 Å². The fourth-order valence-electron chi connectivity index (χ4n) is 4.73. The molecule has 0 unspecified atom stereocenters. The Morgan fingerprint density at radius 2 is 1.94 bits per heavy atom. The third-order valence-electron chi connectivity index (χ3n) is 7.48. The van der Waals surface area contributed by atoms with Gasteiger partial charge in [0.05, 0.1) is 29.7 Å². The summed E-state index contributed by atoms with van der Waals surface area (Å²) in [7, 11) is -1.42. The number of carbonyl (C=O) groups excluding carboxylic acids is 1. The Hall–Kier alpha value is -2.26. The standard InChI is InChI=1S/C26H36ClN3O5S/c1-5-30-24(20-11-8-18(14-21(20)34-3)35-16-26(2)12-13-26)22(27)23(29-30)25(31)28-15-17-6-9-19(10-7-17)36(4,32)33/h8,11,14,17,19H,5-7,9-10,12-13,15-16H2,1-4H3,(H,28,31)/t17-,19-. The zero-order valence-corrected chi connectivity index (χ0v) is 23.0. The van der Waals surface area contributed by atoms with E-state index in [1.54, 1.807) is 11.8 Å². The van der Waals surface area contributed by atoms with Crippen molar-refractivity contribution in [1.29, 1.82) is 0 Å². The number of rotatable bonds is 10. The van der Waals surface area contributed by atoms with Crippen LogP contribution in [0.4, 0.5) is 0 Å². The molecule has 10 heteroatoms. The number of aromatic nitrogens is 2. The Labute approximate surface area is 218 Å². The van der Waals surface area contributed by atoms with E-state index in [4.69, 9.17) is 21.1 Å². The lowest BCUT2D eigenvalue weighted by Gasteiger charge is -2.27. The molecule has 0 radical (unpaired) electrons. The zero-order chi connectivity index (χ0) is 26.1. The van der Waals surface area contributed by atoms with Crippen molar-refractivity contribution in [3.05, 3.63) is 28.9 Å². The van der Waals surface area contributed by atoms with Gasteiger partial charge in [-0.3, -0.25) is 9.48 Å². The van der Waals surface area contributed by atoms with Gasteiger partial charge in [-0.15, -0.1) is 0 Å². The first-order valence-electron chi connectivity index (χ1n) is 12.6. The molecule has 1 amide bonds. The van der Waals surface area contributed by atoms with Gasteiger partial charge >= 0.3 is 0 Å². The Bertz CT molecular complexity index is 1210. The van der Waals surface area contributed by atoms with Crippen LogP contribution < -0.4 is 14.8 Å². The van der Waals surface area contributed by atoms with Gasteiger partial charge in [0.2, 0.25) is 0 Å². The van der Waals surface area contributed by atoms with Crippen LogP contribution in [0.25, 0.3) is 11.3 Å². The van der Waals surface area contributed by atoms with E-state index in [0.717, 1.165) is 24.2 Å². The number of methoxy groups -OCH3 is 1. The molecular weight excluding hydrogens is 502 g/mol. The Morgan fingerprint density at radius 1 is 1.25 bits per heavy atom. The Kier molecular flexibility index (Phi) is 7.90. The van der Waals surface area contributed by atoms with Crippen LogP contribution in [0.2, 0.25) is 5.02 Å². The topological polar surface area (TPSA) is 99.5 Å². The van der Waals surface area contributed by atoms with Crippen molar-refractivity contribution < 1.29 is 22.7 Å². The summed E-state index contributed by atoms with van der Waals surface area (Å²) < 4.78 is 36.9. The molecule has 2 aliphatic carbocycles. The fraction of sp³-hybridized carbons (Fsp3) is 0.615. The number of sulfone groups is 1. The first-order chi connectivity index (χ1) is 17.0. The molecule has 4 rings (SSSR count). The lowest BCUT2D eigenvalue weighted by atomic mass is 9.89. The van der Waals surface area contributed by atoms with Gasteiger partial charge in [0.15, 0.2) is 5.69 Å². The number of hydrogen-bond donors (Lipinski definition) is 1. The van der Waals surface area contributed by atoms with Crippen molar-refractivity contribution in [1.82, 2.24) is 15.1 Å². The zero-order valence-electron chi connectivity index (χ0n) is 21.5. The molecular formula is C26H36ClN3O5S. The summed E-state index contributed by atoms with van der Waals surface area (Å²) >= 11 is 6.73. The molecule has 2 saturated carbocycles. The van der Waals surface area contributed by atoms with Crippen LogP contribution in [0.1, 0.15) is 62.9 Å². The molecule has 0 atom stereocenters. The van der Waals surface area contributed by atoms with Crippen LogP contribution in [0, 0.1) is 11.3 Å². The van der Waals surface area contributed by atoms with Gasteiger partial charge in [-0.25, -0.2) is 8.42 Å².